The number of hydrogen-bond acceptors (Lipinski definition) is 5. The van der Waals surface area contributed by atoms with Crippen LogP contribution in [0.1, 0.15) is 6.92 Å². The highest BCUT2D eigenvalue weighted by atomic mass is 32.2. The third-order valence-electron chi connectivity index (χ3n) is 2.70. The summed E-state index contributed by atoms with van der Waals surface area (Å²) in [6, 6.07) is 1.25. The summed E-state index contributed by atoms with van der Waals surface area (Å²) in [7, 11) is -3.87. The highest BCUT2D eigenvalue weighted by Gasteiger charge is 2.18. The molecule has 0 spiro atoms. The molecule has 0 bridgehead atoms. The van der Waals surface area contributed by atoms with E-state index >= 15 is 0 Å². The second kappa shape index (κ2) is 6.64. The van der Waals surface area contributed by atoms with Crippen LogP contribution in [-0.2, 0) is 16.6 Å². The molecular formula is C12H16FN5O2S. The normalized spacial score (nSPS) is 11.5. The molecular weight excluding hydrogens is 297 g/mol. The van der Waals surface area contributed by atoms with Crippen molar-refractivity contribution >= 4 is 15.7 Å². The van der Waals surface area contributed by atoms with Crippen molar-refractivity contribution in [3.63, 3.8) is 0 Å². The largest absolute Gasteiger partial charge is 0.315 e. The van der Waals surface area contributed by atoms with Gasteiger partial charge in [-0.15, -0.1) is 0 Å². The maximum Gasteiger partial charge on any atom is 0.265 e. The van der Waals surface area contributed by atoms with Crippen molar-refractivity contribution in [1.82, 2.24) is 20.1 Å². The predicted molar refractivity (Wildman–Crippen MR) is 75.8 cm³/mol. The number of aromatic nitrogens is 3. The lowest BCUT2D eigenvalue weighted by atomic mass is 10.4. The van der Waals surface area contributed by atoms with Crippen molar-refractivity contribution in [3.05, 3.63) is 36.7 Å². The van der Waals surface area contributed by atoms with Gasteiger partial charge in [0, 0.05) is 18.9 Å². The van der Waals surface area contributed by atoms with Gasteiger partial charge >= 0.3 is 0 Å². The minimum atomic E-state index is -3.87. The van der Waals surface area contributed by atoms with Gasteiger partial charge in [-0.05, 0) is 12.6 Å². The molecule has 0 aliphatic heterocycles. The number of sulfonamides is 1. The first-order chi connectivity index (χ1) is 10.0. The van der Waals surface area contributed by atoms with E-state index < -0.39 is 15.8 Å². The van der Waals surface area contributed by atoms with Gasteiger partial charge in [-0.3, -0.25) is 14.4 Å². The molecule has 0 saturated heterocycles. The number of likely N-dealkylation sites (N-methyl/N-ethyl adjacent to an activating group) is 1. The first kappa shape index (κ1) is 15.4. The van der Waals surface area contributed by atoms with Gasteiger partial charge in [-0.2, -0.15) is 5.10 Å². The van der Waals surface area contributed by atoms with Crippen molar-refractivity contribution in [1.29, 1.82) is 0 Å². The first-order valence-electron chi connectivity index (χ1n) is 6.38. The average Bonchev–Trinajstić information content (AvgIpc) is 2.91. The molecule has 2 aromatic rings. The average molecular weight is 313 g/mol. The zero-order valence-corrected chi connectivity index (χ0v) is 12.3. The molecule has 21 heavy (non-hydrogen) atoms. The molecule has 0 atom stereocenters. The van der Waals surface area contributed by atoms with Crippen LogP contribution in [0.5, 0.6) is 0 Å². The molecule has 0 radical (unpaired) electrons. The van der Waals surface area contributed by atoms with Crippen molar-refractivity contribution in [2.24, 2.45) is 0 Å². The number of hydrogen-bond donors (Lipinski definition) is 2. The molecule has 2 aromatic heterocycles. The Morgan fingerprint density at radius 2 is 2.19 bits per heavy atom. The van der Waals surface area contributed by atoms with Crippen LogP contribution >= 0.6 is 0 Å². The molecule has 0 unspecified atom stereocenters. The van der Waals surface area contributed by atoms with Crippen LogP contribution in [0.2, 0.25) is 0 Å². The number of nitrogens with one attached hydrogen (secondary N) is 2. The van der Waals surface area contributed by atoms with Crippen molar-refractivity contribution in [3.8, 4) is 0 Å². The van der Waals surface area contributed by atoms with Gasteiger partial charge in [0.2, 0.25) is 0 Å². The molecule has 0 aromatic carbocycles. The molecule has 0 aliphatic rings. The first-order valence-corrected chi connectivity index (χ1v) is 7.86. The second-order valence-electron chi connectivity index (χ2n) is 4.25. The highest BCUT2D eigenvalue weighted by Crippen LogP contribution is 2.17. The lowest BCUT2D eigenvalue weighted by molar-refractivity contribution is 0.564. The van der Waals surface area contributed by atoms with Crippen molar-refractivity contribution in [2.75, 3.05) is 17.8 Å². The number of pyridine rings is 1. The van der Waals surface area contributed by atoms with Crippen LogP contribution in [0.4, 0.5) is 10.1 Å². The minimum Gasteiger partial charge on any atom is -0.315 e. The van der Waals surface area contributed by atoms with E-state index in [0.29, 0.717) is 13.1 Å². The van der Waals surface area contributed by atoms with Crippen LogP contribution < -0.4 is 10.0 Å². The van der Waals surface area contributed by atoms with Crippen LogP contribution in [-0.4, -0.2) is 36.3 Å². The number of anilines is 1. The Bertz CT molecular complexity index is 701. The summed E-state index contributed by atoms with van der Waals surface area (Å²) in [4.78, 5) is 3.54. The van der Waals surface area contributed by atoms with Gasteiger partial charge in [-0.25, -0.2) is 12.8 Å². The summed E-state index contributed by atoms with van der Waals surface area (Å²) in [5.74, 6) is -0.736. The van der Waals surface area contributed by atoms with Gasteiger partial charge in [0.25, 0.3) is 10.0 Å². The molecule has 7 nitrogen and oxygen atoms in total. The fourth-order valence-electron chi connectivity index (χ4n) is 1.64. The smallest absolute Gasteiger partial charge is 0.265 e. The van der Waals surface area contributed by atoms with E-state index in [2.05, 4.69) is 20.1 Å². The molecule has 0 aliphatic carbocycles. The maximum absolute atomic E-state index is 13.4. The zero-order valence-electron chi connectivity index (χ0n) is 11.5. The molecule has 0 fully saturated rings. The number of halogens is 1. The number of nitrogens with zero attached hydrogens (tertiary/aromatic N) is 3. The summed E-state index contributed by atoms with van der Waals surface area (Å²) in [6.45, 7) is 4.04. The fraction of sp³-hybridized carbons (Fsp3) is 0.333. The topological polar surface area (TPSA) is 88.9 Å². The van der Waals surface area contributed by atoms with Gasteiger partial charge in [0.1, 0.15) is 4.90 Å². The van der Waals surface area contributed by atoms with Crippen molar-refractivity contribution in [2.45, 2.75) is 18.4 Å². The Morgan fingerprint density at radius 1 is 1.38 bits per heavy atom. The van der Waals surface area contributed by atoms with Crippen LogP contribution in [0.3, 0.4) is 0 Å². The van der Waals surface area contributed by atoms with Crippen molar-refractivity contribution < 1.29 is 12.8 Å². The van der Waals surface area contributed by atoms with Gasteiger partial charge in [0.15, 0.2) is 5.82 Å². The van der Waals surface area contributed by atoms with E-state index in [-0.39, 0.29) is 10.6 Å². The molecule has 0 saturated carbocycles. The summed E-state index contributed by atoms with van der Waals surface area (Å²) >= 11 is 0. The summed E-state index contributed by atoms with van der Waals surface area (Å²) < 4.78 is 41.4. The molecule has 2 N–H and O–H groups in total. The lowest BCUT2D eigenvalue weighted by Crippen LogP contribution is -2.19. The lowest BCUT2D eigenvalue weighted by Gasteiger charge is -2.06. The van der Waals surface area contributed by atoms with Crippen LogP contribution in [0.25, 0.3) is 0 Å². The van der Waals surface area contributed by atoms with E-state index in [1.807, 2.05) is 6.92 Å². The maximum atomic E-state index is 13.4. The van der Waals surface area contributed by atoms with Gasteiger partial charge < -0.3 is 5.32 Å². The summed E-state index contributed by atoms with van der Waals surface area (Å²) in [5.41, 5.74) is -0.148. The Labute approximate surface area is 122 Å². The third kappa shape index (κ3) is 3.99. The third-order valence-corrected chi connectivity index (χ3v) is 4.02. The van der Waals surface area contributed by atoms with Crippen LogP contribution in [0.15, 0.2) is 35.7 Å². The molecule has 0 amide bonds. The summed E-state index contributed by atoms with van der Waals surface area (Å²) in [6.07, 6.45) is 4.88. The quantitative estimate of drug-likeness (QED) is 0.739. The van der Waals surface area contributed by atoms with E-state index in [0.717, 1.165) is 12.7 Å². The van der Waals surface area contributed by atoms with Gasteiger partial charge in [0.05, 0.1) is 24.6 Å². The Kier molecular flexibility index (Phi) is 4.86. The monoisotopic (exact) mass is 313 g/mol. The molecule has 114 valence electrons. The summed E-state index contributed by atoms with van der Waals surface area (Å²) in [5, 5.41) is 7.08. The molecule has 9 heteroatoms. The van der Waals surface area contributed by atoms with E-state index in [1.165, 1.54) is 29.3 Å². The Balaban J connectivity index is 2.11. The minimum absolute atomic E-state index is 0.0183. The van der Waals surface area contributed by atoms with E-state index in [4.69, 9.17) is 0 Å². The Hall–Kier alpha value is -2.00. The van der Waals surface area contributed by atoms with E-state index in [1.54, 1.807) is 0 Å². The zero-order chi connectivity index (χ0) is 15.3. The van der Waals surface area contributed by atoms with Crippen LogP contribution in [0, 0.1) is 5.82 Å². The standard InChI is InChI=1S/C12H16FN5O2S/c1-2-14-5-6-18-9-10(7-16-18)21(19,20)17-12-3-4-15-8-11(12)13/h3-4,7-9,14H,2,5-6H2,1H3,(H,15,17). The number of rotatable bonds is 7. The molecule has 2 rings (SSSR count). The Morgan fingerprint density at radius 3 is 2.90 bits per heavy atom. The fourth-order valence-corrected chi connectivity index (χ4v) is 2.66. The second-order valence-corrected chi connectivity index (χ2v) is 5.94. The highest BCUT2D eigenvalue weighted by molar-refractivity contribution is 7.92. The predicted octanol–water partition coefficient (Wildman–Crippen LogP) is 0.827. The molecule has 2 heterocycles. The van der Waals surface area contributed by atoms with E-state index in [9.17, 15) is 12.8 Å². The SMILES string of the molecule is CCNCCn1cc(S(=O)(=O)Nc2ccncc2F)cn1. The van der Waals surface area contributed by atoms with Gasteiger partial charge in [-0.1, -0.05) is 6.92 Å².